The molecule has 0 aliphatic carbocycles. The fourth-order valence-corrected chi connectivity index (χ4v) is 4.58. The van der Waals surface area contributed by atoms with E-state index in [0.29, 0.717) is 17.3 Å². The Morgan fingerprint density at radius 2 is 1.91 bits per heavy atom. The van der Waals surface area contributed by atoms with Crippen LogP contribution in [0.3, 0.4) is 0 Å². The van der Waals surface area contributed by atoms with E-state index in [1.807, 2.05) is 0 Å². The zero-order valence-corrected chi connectivity index (χ0v) is 18.6. The number of aromatic nitrogens is 1. The molecule has 3 aromatic rings. The Bertz CT molecular complexity index is 1260. The molecule has 1 aromatic heterocycles. The maximum absolute atomic E-state index is 14.8. The summed E-state index contributed by atoms with van der Waals surface area (Å²) in [5, 5.41) is 5.71. The molecule has 2 aliphatic heterocycles. The van der Waals surface area contributed by atoms with Crippen molar-refractivity contribution in [1.29, 1.82) is 0 Å². The molecule has 0 atom stereocenters. The number of halogens is 2. The highest BCUT2D eigenvalue weighted by atomic mass is 32.2. The minimum atomic E-state index is -0.687. The number of anilines is 3. The third-order valence-corrected chi connectivity index (χ3v) is 6.40. The molecule has 3 heterocycles. The van der Waals surface area contributed by atoms with E-state index in [1.54, 1.807) is 24.0 Å². The average Bonchev–Trinajstić information content (AvgIpc) is 3.23. The van der Waals surface area contributed by atoms with E-state index in [0.717, 1.165) is 28.2 Å². The zero-order chi connectivity index (χ0) is 23.7. The summed E-state index contributed by atoms with van der Waals surface area (Å²) in [5.41, 5.74) is 0.664. The lowest BCUT2D eigenvalue weighted by Crippen LogP contribution is -2.39. The molecule has 174 valence electrons. The van der Waals surface area contributed by atoms with Gasteiger partial charge in [-0.3, -0.25) is 4.90 Å². The van der Waals surface area contributed by atoms with Crippen molar-refractivity contribution in [2.24, 2.45) is 0 Å². The summed E-state index contributed by atoms with van der Waals surface area (Å²) in [4.78, 5) is 32.7. The number of hydrogen-bond donors (Lipinski definition) is 2. The number of pyridine rings is 1. The monoisotopic (exact) mass is 483 g/mol. The third-order valence-electron chi connectivity index (χ3n) is 5.30. The third kappa shape index (κ3) is 4.34. The molecule has 34 heavy (non-hydrogen) atoms. The van der Waals surface area contributed by atoms with Gasteiger partial charge >= 0.3 is 12.1 Å². The van der Waals surface area contributed by atoms with E-state index >= 15 is 0 Å². The molecular weight excluding hydrogens is 464 g/mol. The number of amides is 4. The lowest BCUT2D eigenvalue weighted by Gasteiger charge is -2.19. The maximum atomic E-state index is 14.8. The lowest BCUT2D eigenvalue weighted by molar-refractivity contribution is 0.209. The molecule has 2 N–H and O–H groups in total. The fourth-order valence-electron chi connectivity index (χ4n) is 3.66. The molecule has 1 fully saturated rings. The molecule has 0 radical (unpaired) electrons. The van der Waals surface area contributed by atoms with Crippen molar-refractivity contribution in [3.63, 3.8) is 0 Å². The van der Waals surface area contributed by atoms with Gasteiger partial charge in [-0.1, -0.05) is 0 Å². The average molecular weight is 484 g/mol. The predicted molar refractivity (Wildman–Crippen MR) is 125 cm³/mol. The van der Waals surface area contributed by atoms with Crippen molar-refractivity contribution < 1.29 is 23.1 Å². The molecule has 1 saturated heterocycles. The summed E-state index contributed by atoms with van der Waals surface area (Å²) in [6.45, 7) is 1.20. The van der Waals surface area contributed by atoms with Crippen molar-refractivity contribution in [3.05, 3.63) is 66.4 Å². The quantitative estimate of drug-likeness (QED) is 0.534. The van der Waals surface area contributed by atoms with Crippen LogP contribution in [0.1, 0.15) is 0 Å². The van der Waals surface area contributed by atoms with Crippen molar-refractivity contribution in [3.8, 4) is 11.5 Å². The smallest absolute Gasteiger partial charge is 0.332 e. The summed E-state index contributed by atoms with van der Waals surface area (Å²) in [6, 6.07) is 9.90. The van der Waals surface area contributed by atoms with Gasteiger partial charge in [-0.2, -0.15) is 0 Å². The summed E-state index contributed by atoms with van der Waals surface area (Å²) < 4.78 is 33.7. The Labute approximate surface area is 197 Å². The molecule has 2 aliphatic rings. The Morgan fingerprint density at radius 1 is 1.09 bits per heavy atom. The molecule has 8 nitrogen and oxygen atoms in total. The van der Waals surface area contributed by atoms with Crippen LogP contribution in [0, 0.1) is 11.6 Å². The number of benzene rings is 2. The van der Waals surface area contributed by atoms with Crippen LogP contribution >= 0.6 is 11.8 Å². The Kier molecular flexibility index (Phi) is 5.93. The van der Waals surface area contributed by atoms with Crippen LogP contribution < -0.4 is 20.3 Å². The number of urea groups is 2. The fraction of sp³-hybridized carbons (Fsp3) is 0.174. The number of hydrogen-bond acceptors (Lipinski definition) is 6. The molecule has 0 unspecified atom stereocenters. The van der Waals surface area contributed by atoms with E-state index in [-0.39, 0.29) is 24.5 Å². The minimum Gasteiger partial charge on any atom is -0.453 e. The molecule has 0 saturated carbocycles. The Morgan fingerprint density at radius 3 is 2.71 bits per heavy atom. The van der Waals surface area contributed by atoms with Gasteiger partial charge in [0.15, 0.2) is 11.6 Å². The number of ether oxygens (including phenoxy) is 1. The van der Waals surface area contributed by atoms with Crippen molar-refractivity contribution >= 4 is 41.0 Å². The van der Waals surface area contributed by atoms with Gasteiger partial charge in [0.05, 0.1) is 11.4 Å². The van der Waals surface area contributed by atoms with E-state index < -0.39 is 23.7 Å². The van der Waals surface area contributed by atoms with E-state index in [1.165, 1.54) is 41.3 Å². The van der Waals surface area contributed by atoms with Gasteiger partial charge in [0.2, 0.25) is 0 Å². The zero-order valence-electron chi connectivity index (χ0n) is 17.8. The van der Waals surface area contributed by atoms with Crippen molar-refractivity contribution in [2.75, 3.05) is 40.9 Å². The highest BCUT2D eigenvalue weighted by Crippen LogP contribution is 2.40. The predicted octanol–water partition coefficient (Wildman–Crippen LogP) is 5.14. The van der Waals surface area contributed by atoms with Crippen LogP contribution in [-0.4, -0.2) is 47.3 Å². The van der Waals surface area contributed by atoms with Crippen LogP contribution in [0.2, 0.25) is 0 Å². The van der Waals surface area contributed by atoms with Gasteiger partial charge < -0.3 is 15.4 Å². The second-order valence-electron chi connectivity index (χ2n) is 7.50. The summed E-state index contributed by atoms with van der Waals surface area (Å²) in [6.07, 6.45) is 1.59. The SMILES string of the molecule is O=C(Nc1ccc(Oc2ccnc3c2SCCN3)c(F)c1)N1CCN(c2ccc(F)cc2)C1=O. The number of fused-ring (bicyclic) bond motifs is 1. The first-order chi connectivity index (χ1) is 16.5. The van der Waals surface area contributed by atoms with Gasteiger partial charge in [-0.15, -0.1) is 11.8 Å². The van der Waals surface area contributed by atoms with Crippen LogP contribution in [0.15, 0.2) is 59.6 Å². The highest BCUT2D eigenvalue weighted by Gasteiger charge is 2.34. The van der Waals surface area contributed by atoms with E-state index in [4.69, 9.17) is 4.74 Å². The summed E-state index contributed by atoms with van der Waals surface area (Å²) in [7, 11) is 0. The Balaban J connectivity index is 1.26. The highest BCUT2D eigenvalue weighted by molar-refractivity contribution is 7.99. The lowest BCUT2D eigenvalue weighted by atomic mass is 10.3. The van der Waals surface area contributed by atoms with Crippen LogP contribution in [0.5, 0.6) is 11.5 Å². The molecule has 11 heteroatoms. The number of nitrogens with zero attached hydrogens (tertiary/aromatic N) is 3. The standard InChI is InChI=1S/C23H19F2N5O3S/c24-14-1-4-16(5-2-14)29-10-11-30(23(29)32)22(31)28-15-3-6-18(17(25)13-15)33-19-7-8-26-21-20(19)34-12-9-27-21/h1-8,13H,9-12H2,(H,26,27)(H,28,31). The molecule has 4 amide bonds. The Hall–Kier alpha value is -3.86. The molecule has 0 spiro atoms. The summed E-state index contributed by atoms with van der Waals surface area (Å²) in [5.74, 6) is 0.939. The first-order valence-corrected chi connectivity index (χ1v) is 11.5. The number of carbonyl (C=O) groups excluding carboxylic acids is 2. The number of carbonyl (C=O) groups is 2. The molecule has 0 bridgehead atoms. The second-order valence-corrected chi connectivity index (χ2v) is 8.61. The number of rotatable bonds is 4. The van der Waals surface area contributed by atoms with Gasteiger partial charge in [0, 0.05) is 48.5 Å². The first-order valence-electron chi connectivity index (χ1n) is 10.5. The van der Waals surface area contributed by atoms with Crippen LogP contribution in [0.25, 0.3) is 0 Å². The number of thioether (sulfide) groups is 1. The summed E-state index contributed by atoms with van der Waals surface area (Å²) >= 11 is 1.58. The minimum absolute atomic E-state index is 0.00249. The van der Waals surface area contributed by atoms with Gasteiger partial charge in [-0.25, -0.2) is 28.3 Å². The van der Waals surface area contributed by atoms with Gasteiger partial charge in [0.1, 0.15) is 17.4 Å². The van der Waals surface area contributed by atoms with E-state index in [9.17, 15) is 18.4 Å². The maximum Gasteiger partial charge on any atom is 0.332 e. The largest absolute Gasteiger partial charge is 0.453 e. The van der Waals surface area contributed by atoms with Crippen molar-refractivity contribution in [2.45, 2.75) is 4.90 Å². The molecular formula is C23H19F2N5O3S. The van der Waals surface area contributed by atoms with Gasteiger partial charge in [-0.05, 0) is 36.4 Å². The number of nitrogens with one attached hydrogen (secondary N) is 2. The molecule has 2 aromatic carbocycles. The van der Waals surface area contributed by atoms with Crippen LogP contribution in [-0.2, 0) is 0 Å². The van der Waals surface area contributed by atoms with Crippen molar-refractivity contribution in [1.82, 2.24) is 9.88 Å². The second kappa shape index (κ2) is 9.18. The molecule has 5 rings (SSSR count). The number of imide groups is 1. The topological polar surface area (TPSA) is 86.8 Å². The van der Waals surface area contributed by atoms with Crippen LogP contribution in [0.4, 0.5) is 35.6 Å². The van der Waals surface area contributed by atoms with Gasteiger partial charge in [0.25, 0.3) is 0 Å². The normalized spacial score (nSPS) is 15.1. The van der Waals surface area contributed by atoms with E-state index in [2.05, 4.69) is 15.6 Å². The first kappa shape index (κ1) is 22.0.